The molecule has 2 rings (SSSR count). The van der Waals surface area contributed by atoms with Crippen molar-refractivity contribution in [1.29, 1.82) is 0 Å². The molecule has 32 heavy (non-hydrogen) atoms. The van der Waals surface area contributed by atoms with Gasteiger partial charge in [0, 0.05) is 45.9 Å². The van der Waals surface area contributed by atoms with Crippen LogP contribution in [0.3, 0.4) is 0 Å². The molecule has 5 nitrogen and oxygen atoms in total. The highest BCUT2D eigenvalue weighted by Gasteiger charge is 2.22. The Morgan fingerprint density at radius 2 is 1.72 bits per heavy atom. The van der Waals surface area contributed by atoms with E-state index >= 15 is 0 Å². The molecule has 0 saturated heterocycles. The molecule has 0 aliphatic carbocycles. The largest absolute Gasteiger partial charge is 0.493 e. The zero-order chi connectivity index (χ0) is 31.6. The van der Waals surface area contributed by atoms with Crippen LogP contribution in [0.1, 0.15) is 71.7 Å². The van der Waals surface area contributed by atoms with Gasteiger partial charge >= 0.3 is 0 Å². The fraction of sp³-hybridized carbons (Fsp3) is 0.462. The predicted octanol–water partition coefficient (Wildman–Crippen LogP) is 6.64. The highest BCUT2D eigenvalue weighted by molar-refractivity contribution is 7.99. The van der Waals surface area contributed by atoms with Crippen LogP contribution in [-0.4, -0.2) is 23.5 Å². The summed E-state index contributed by atoms with van der Waals surface area (Å²) >= 11 is 1.54. The summed E-state index contributed by atoms with van der Waals surface area (Å²) in [7, 11) is 1.47. The third kappa shape index (κ3) is 7.90. The molecule has 0 saturated carbocycles. The molecule has 0 aromatic heterocycles. The van der Waals surface area contributed by atoms with Gasteiger partial charge < -0.3 is 14.8 Å². The lowest BCUT2D eigenvalue weighted by atomic mass is 9.95. The second-order valence-electron chi connectivity index (χ2n) is 8.39. The number of carbonyl (C=O) groups excluding carboxylic acids is 2. The Hall–Kier alpha value is -2.47. The summed E-state index contributed by atoms with van der Waals surface area (Å²) in [6.45, 7) is -3.58. The number of thioether (sulfide) groups is 1. The van der Waals surface area contributed by atoms with Gasteiger partial charge in [0.2, 0.25) is 5.91 Å². The average molecular weight is 467 g/mol. The van der Waals surface area contributed by atoms with Crippen LogP contribution in [0.4, 0.5) is 5.69 Å². The lowest BCUT2D eigenvalue weighted by molar-refractivity contribution is -0.123. The maximum Gasteiger partial charge on any atom is 0.229 e. The number of hydrogen-bond donors (Lipinski definition) is 1. The van der Waals surface area contributed by atoms with Gasteiger partial charge in [-0.1, -0.05) is 47.4 Å². The van der Waals surface area contributed by atoms with Crippen LogP contribution >= 0.6 is 11.8 Å². The van der Waals surface area contributed by atoms with Crippen molar-refractivity contribution in [1.82, 2.24) is 0 Å². The molecule has 0 aliphatic rings. The van der Waals surface area contributed by atoms with E-state index in [1.807, 2.05) is 20.8 Å². The molecule has 0 bridgehead atoms. The lowest BCUT2D eigenvalue weighted by Crippen LogP contribution is -2.27. The Morgan fingerprint density at radius 1 is 1.03 bits per heavy atom. The van der Waals surface area contributed by atoms with Gasteiger partial charge in [-0.15, -0.1) is 0 Å². The van der Waals surface area contributed by atoms with E-state index in [0.29, 0.717) is 34.1 Å². The SMILES string of the molecule is [2H]C([2H])([2H])C(C(=O)Nc1ccc(Oc2cc(CC(C)=O)ccc2OC)c(CSC(C)(C)C)c1)(C([2H])([2H])[2H])C([2H])([2H])[2H]. The number of methoxy groups -OCH3 is 1. The van der Waals surface area contributed by atoms with E-state index in [9.17, 15) is 9.59 Å². The Morgan fingerprint density at radius 3 is 2.31 bits per heavy atom. The van der Waals surface area contributed by atoms with Crippen LogP contribution < -0.4 is 14.8 Å². The zero-order valence-corrected chi connectivity index (χ0v) is 19.7. The van der Waals surface area contributed by atoms with Crippen LogP contribution in [0.15, 0.2) is 36.4 Å². The number of ketones is 1. The molecule has 1 amide bonds. The first-order chi connectivity index (χ1) is 18.5. The first-order valence-corrected chi connectivity index (χ1v) is 10.9. The standard InChI is InChI=1S/C26H35NO4S/c1-17(28)13-18-9-11-22(30-8)23(14-18)31-21-12-10-20(27-24(29)25(2,3)4)15-19(21)16-32-26(5,6)7/h9-12,14-15H,13,16H2,1-8H3,(H,27,29)/i2D3,3D3,4D3. The van der Waals surface area contributed by atoms with Crippen molar-refractivity contribution >= 4 is 29.1 Å². The number of hydrogen-bond acceptors (Lipinski definition) is 5. The summed E-state index contributed by atoms with van der Waals surface area (Å²) in [5, 5.41) is 2.24. The molecule has 0 aliphatic heterocycles. The minimum atomic E-state index is -3.68. The van der Waals surface area contributed by atoms with E-state index in [4.69, 9.17) is 21.8 Å². The number of ether oxygens (including phenoxy) is 2. The van der Waals surface area contributed by atoms with E-state index in [0.717, 1.165) is 0 Å². The lowest BCUT2D eigenvalue weighted by Gasteiger charge is -2.21. The topological polar surface area (TPSA) is 64.6 Å². The van der Waals surface area contributed by atoms with Gasteiger partial charge in [0.1, 0.15) is 11.5 Å². The fourth-order valence-corrected chi connectivity index (χ4v) is 3.52. The number of nitrogens with one attached hydrogen (secondary N) is 1. The molecule has 0 spiro atoms. The van der Waals surface area contributed by atoms with Crippen molar-refractivity contribution < 1.29 is 31.4 Å². The summed E-state index contributed by atoms with van der Waals surface area (Å²) in [4.78, 5) is 25.0. The fourth-order valence-electron chi connectivity index (χ4n) is 2.71. The van der Waals surface area contributed by atoms with Crippen LogP contribution in [-0.2, 0) is 21.8 Å². The van der Waals surface area contributed by atoms with Crippen molar-refractivity contribution in [2.75, 3.05) is 12.4 Å². The van der Waals surface area contributed by atoms with Crippen molar-refractivity contribution in [2.24, 2.45) is 5.41 Å². The van der Waals surface area contributed by atoms with E-state index in [-0.39, 0.29) is 22.6 Å². The average Bonchev–Trinajstić information content (AvgIpc) is 2.75. The number of amides is 1. The first kappa shape index (κ1) is 15.4. The molecule has 174 valence electrons. The highest BCUT2D eigenvalue weighted by atomic mass is 32.2. The number of carbonyl (C=O) groups is 2. The minimum absolute atomic E-state index is 0.00807. The van der Waals surface area contributed by atoms with Gasteiger partial charge in [-0.05, 0) is 42.8 Å². The minimum Gasteiger partial charge on any atom is -0.493 e. The third-order valence-electron chi connectivity index (χ3n) is 4.22. The molecule has 0 radical (unpaired) electrons. The normalized spacial score (nSPS) is 17.1. The quantitative estimate of drug-likeness (QED) is 0.473. The van der Waals surface area contributed by atoms with Crippen LogP contribution in [0.5, 0.6) is 17.2 Å². The third-order valence-corrected chi connectivity index (χ3v) is 5.54. The van der Waals surface area contributed by atoms with Crippen molar-refractivity contribution in [3.05, 3.63) is 47.5 Å². The van der Waals surface area contributed by atoms with E-state index in [2.05, 4.69) is 5.32 Å². The Labute approximate surface area is 208 Å². The van der Waals surface area contributed by atoms with Crippen molar-refractivity contribution in [3.8, 4) is 17.2 Å². The molecule has 2 aromatic rings. The second kappa shape index (κ2) is 10.4. The second-order valence-corrected chi connectivity index (χ2v) is 10.2. The van der Waals surface area contributed by atoms with Crippen LogP contribution in [0.25, 0.3) is 0 Å². The van der Waals surface area contributed by atoms with Crippen molar-refractivity contribution in [3.63, 3.8) is 0 Å². The summed E-state index contributed by atoms with van der Waals surface area (Å²) < 4.78 is 81.4. The molecule has 0 fully saturated rings. The van der Waals surface area contributed by atoms with Gasteiger partial charge in [0.05, 0.1) is 7.11 Å². The monoisotopic (exact) mass is 466 g/mol. The Kier molecular flexibility index (Phi) is 5.01. The van der Waals surface area contributed by atoms with Gasteiger partial charge in [-0.2, -0.15) is 11.8 Å². The summed E-state index contributed by atoms with van der Waals surface area (Å²) in [6, 6.07) is 9.41. The number of anilines is 1. The van der Waals surface area contributed by atoms with Crippen molar-refractivity contribution in [2.45, 2.75) is 65.2 Å². The summed E-state index contributed by atoms with van der Waals surface area (Å²) in [5.74, 6) is -0.254. The molecular formula is C26H35NO4S. The smallest absolute Gasteiger partial charge is 0.229 e. The zero-order valence-electron chi connectivity index (χ0n) is 27.9. The van der Waals surface area contributed by atoms with Gasteiger partial charge in [0.15, 0.2) is 11.5 Å². The van der Waals surface area contributed by atoms with E-state index < -0.39 is 31.9 Å². The van der Waals surface area contributed by atoms with Gasteiger partial charge in [0.25, 0.3) is 0 Å². The van der Waals surface area contributed by atoms with E-state index in [1.54, 1.807) is 30.0 Å². The van der Waals surface area contributed by atoms with Crippen LogP contribution in [0.2, 0.25) is 0 Å². The number of benzene rings is 2. The van der Waals surface area contributed by atoms with E-state index in [1.165, 1.54) is 32.2 Å². The Bertz CT molecular complexity index is 1230. The number of rotatable bonds is 8. The van der Waals surface area contributed by atoms with Gasteiger partial charge in [-0.3, -0.25) is 9.59 Å². The highest BCUT2D eigenvalue weighted by Crippen LogP contribution is 2.38. The first-order valence-electron chi connectivity index (χ1n) is 14.5. The number of Topliss-reactive ketones (excluding diaryl/α,β-unsaturated/α-hetero) is 1. The maximum absolute atomic E-state index is 13.3. The molecule has 2 aromatic carbocycles. The maximum atomic E-state index is 13.3. The molecule has 0 atom stereocenters. The van der Waals surface area contributed by atoms with Gasteiger partial charge in [-0.25, -0.2) is 0 Å². The molecular weight excluding hydrogens is 422 g/mol. The Balaban J connectivity index is 2.60. The molecule has 0 heterocycles. The predicted molar refractivity (Wildman–Crippen MR) is 133 cm³/mol. The summed E-state index contributed by atoms with van der Waals surface area (Å²) in [6.07, 6.45) is 0.191. The molecule has 1 N–H and O–H groups in total. The molecule has 0 unspecified atom stereocenters. The van der Waals surface area contributed by atoms with Crippen LogP contribution in [0, 0.1) is 5.41 Å². The molecule has 6 heteroatoms. The summed E-state index contributed by atoms with van der Waals surface area (Å²) in [5.41, 5.74) is -2.43.